The molecule has 0 aliphatic carbocycles. The van der Waals surface area contributed by atoms with Crippen molar-refractivity contribution < 1.29 is 31.5 Å². The van der Waals surface area contributed by atoms with Gasteiger partial charge in [-0.25, -0.2) is 26.7 Å². The summed E-state index contributed by atoms with van der Waals surface area (Å²) in [5, 5.41) is 0. The molecule has 0 aliphatic heterocycles. The van der Waals surface area contributed by atoms with Crippen LogP contribution in [0.15, 0.2) is 36.9 Å². The van der Waals surface area contributed by atoms with Gasteiger partial charge in [0.15, 0.2) is 23.3 Å². The van der Waals surface area contributed by atoms with E-state index < -0.39 is 40.6 Å². The Morgan fingerprint density at radius 3 is 2.20 bits per heavy atom. The Morgan fingerprint density at radius 1 is 1.00 bits per heavy atom. The molecule has 0 heterocycles. The van der Waals surface area contributed by atoms with Crippen molar-refractivity contribution in [1.82, 2.24) is 0 Å². The van der Waals surface area contributed by atoms with Gasteiger partial charge in [0.25, 0.3) is 0 Å². The molecule has 25 heavy (non-hydrogen) atoms. The highest BCUT2D eigenvalue weighted by molar-refractivity contribution is 5.81. The number of esters is 1. The Labute approximate surface area is 140 Å². The van der Waals surface area contributed by atoms with Gasteiger partial charge < -0.3 is 4.74 Å². The molecule has 0 aliphatic rings. The van der Waals surface area contributed by atoms with E-state index in [1.54, 1.807) is 6.07 Å². The van der Waals surface area contributed by atoms with Gasteiger partial charge in [-0.3, -0.25) is 0 Å². The van der Waals surface area contributed by atoms with E-state index in [4.69, 9.17) is 4.74 Å². The summed E-state index contributed by atoms with van der Waals surface area (Å²) < 4.78 is 72.3. The second-order valence-electron chi connectivity index (χ2n) is 5.12. The number of aryl methyl sites for hydroxylation is 1. The highest BCUT2D eigenvalue weighted by Crippen LogP contribution is 2.32. The largest absolute Gasteiger partial charge is 0.463 e. The second kappa shape index (κ2) is 7.92. The molecule has 0 spiro atoms. The number of hydrogen-bond donors (Lipinski definition) is 0. The Bertz CT molecular complexity index is 788. The summed E-state index contributed by atoms with van der Waals surface area (Å²) in [4.78, 5) is 10.9. The molecule has 0 unspecified atom stereocenters. The fraction of sp³-hybridized carbons (Fsp3) is 0.167. The fourth-order valence-corrected chi connectivity index (χ4v) is 2.25. The van der Waals surface area contributed by atoms with E-state index in [0.717, 1.165) is 6.08 Å². The van der Waals surface area contributed by atoms with Crippen LogP contribution in [-0.4, -0.2) is 12.6 Å². The van der Waals surface area contributed by atoms with Crippen LogP contribution in [0.1, 0.15) is 12.0 Å². The average molecular weight is 356 g/mol. The van der Waals surface area contributed by atoms with Crippen molar-refractivity contribution in [3.05, 3.63) is 71.6 Å². The zero-order valence-corrected chi connectivity index (χ0v) is 12.9. The Morgan fingerprint density at radius 2 is 1.60 bits per heavy atom. The molecule has 2 nitrogen and oxygen atoms in total. The third-order valence-corrected chi connectivity index (χ3v) is 3.45. The number of carbonyl (C=O) groups is 1. The smallest absolute Gasteiger partial charge is 0.330 e. The Hall–Kier alpha value is -2.70. The molecule has 7 heteroatoms. The first kappa shape index (κ1) is 18.6. The molecule has 2 aromatic rings. The SMILES string of the molecule is C=CC(=O)OCCCc1cccc(-c2c(F)c(F)c(F)c(F)c2F)c1. The van der Waals surface area contributed by atoms with Crippen molar-refractivity contribution >= 4 is 5.97 Å². The Balaban J connectivity index is 2.25. The van der Waals surface area contributed by atoms with Crippen molar-refractivity contribution in [3.63, 3.8) is 0 Å². The van der Waals surface area contributed by atoms with Crippen LogP contribution < -0.4 is 0 Å². The second-order valence-corrected chi connectivity index (χ2v) is 5.12. The molecule has 0 bridgehead atoms. The summed E-state index contributed by atoms with van der Waals surface area (Å²) in [7, 11) is 0. The maximum absolute atomic E-state index is 13.9. The minimum Gasteiger partial charge on any atom is -0.463 e. The highest BCUT2D eigenvalue weighted by atomic mass is 19.2. The molecule has 2 rings (SSSR count). The van der Waals surface area contributed by atoms with Crippen molar-refractivity contribution in [2.24, 2.45) is 0 Å². The number of carbonyl (C=O) groups excluding carboxylic acids is 1. The minimum atomic E-state index is -2.20. The lowest BCUT2D eigenvalue weighted by Crippen LogP contribution is -2.04. The molecule has 0 saturated carbocycles. The molecule has 0 atom stereocenters. The molecule has 0 N–H and O–H groups in total. The van der Waals surface area contributed by atoms with Gasteiger partial charge in [0, 0.05) is 6.08 Å². The number of rotatable bonds is 6. The molecule has 0 fully saturated rings. The maximum atomic E-state index is 13.9. The van der Waals surface area contributed by atoms with E-state index >= 15 is 0 Å². The summed E-state index contributed by atoms with van der Waals surface area (Å²) in [5.74, 6) is -10.5. The maximum Gasteiger partial charge on any atom is 0.330 e. The van der Waals surface area contributed by atoms with Gasteiger partial charge in [0.2, 0.25) is 5.82 Å². The van der Waals surface area contributed by atoms with Gasteiger partial charge in [-0.1, -0.05) is 30.8 Å². The van der Waals surface area contributed by atoms with Gasteiger partial charge in [-0.05, 0) is 24.0 Å². The van der Waals surface area contributed by atoms with Gasteiger partial charge in [-0.15, -0.1) is 0 Å². The first-order chi connectivity index (χ1) is 11.9. The lowest BCUT2D eigenvalue weighted by atomic mass is 9.99. The summed E-state index contributed by atoms with van der Waals surface area (Å²) in [5.41, 5.74) is -0.513. The predicted molar refractivity (Wildman–Crippen MR) is 81.1 cm³/mol. The number of hydrogen-bond acceptors (Lipinski definition) is 2. The number of halogens is 5. The minimum absolute atomic E-state index is 0.109. The lowest BCUT2D eigenvalue weighted by molar-refractivity contribution is -0.137. The molecule has 0 amide bonds. The molecule has 0 saturated heterocycles. The normalized spacial score (nSPS) is 10.6. The van der Waals surface area contributed by atoms with Crippen LogP contribution in [0.5, 0.6) is 0 Å². The quantitative estimate of drug-likeness (QED) is 0.187. The number of ether oxygens (including phenoxy) is 1. The van der Waals surface area contributed by atoms with Gasteiger partial charge >= 0.3 is 5.97 Å². The van der Waals surface area contributed by atoms with Crippen LogP contribution in [-0.2, 0) is 16.0 Å². The van der Waals surface area contributed by atoms with Crippen molar-refractivity contribution in [1.29, 1.82) is 0 Å². The topological polar surface area (TPSA) is 26.3 Å². The number of benzene rings is 2. The lowest BCUT2D eigenvalue weighted by Gasteiger charge is -2.10. The average Bonchev–Trinajstić information content (AvgIpc) is 2.62. The van der Waals surface area contributed by atoms with Gasteiger partial charge in [0.05, 0.1) is 12.2 Å². The van der Waals surface area contributed by atoms with Crippen molar-refractivity contribution in [3.8, 4) is 11.1 Å². The van der Waals surface area contributed by atoms with Gasteiger partial charge in [-0.2, -0.15) is 0 Å². The van der Waals surface area contributed by atoms with Gasteiger partial charge in [0.1, 0.15) is 0 Å². The third-order valence-electron chi connectivity index (χ3n) is 3.45. The van der Waals surface area contributed by atoms with Crippen molar-refractivity contribution in [2.75, 3.05) is 6.61 Å². The zero-order chi connectivity index (χ0) is 18.6. The van der Waals surface area contributed by atoms with Crippen LogP contribution in [0, 0.1) is 29.1 Å². The highest BCUT2D eigenvalue weighted by Gasteiger charge is 2.26. The first-order valence-electron chi connectivity index (χ1n) is 7.26. The van der Waals surface area contributed by atoms with E-state index in [0.29, 0.717) is 18.4 Å². The summed E-state index contributed by atoms with van der Waals surface area (Å²) >= 11 is 0. The van der Waals surface area contributed by atoms with Crippen LogP contribution in [0.2, 0.25) is 0 Å². The molecule has 2 aromatic carbocycles. The van der Waals surface area contributed by atoms with Crippen molar-refractivity contribution in [2.45, 2.75) is 12.8 Å². The van der Waals surface area contributed by atoms with Crippen LogP contribution in [0.4, 0.5) is 22.0 Å². The molecular weight excluding hydrogens is 343 g/mol. The summed E-state index contributed by atoms with van der Waals surface area (Å²) in [6.07, 6.45) is 1.82. The third kappa shape index (κ3) is 4.04. The van der Waals surface area contributed by atoms with E-state index in [2.05, 4.69) is 6.58 Å². The fourth-order valence-electron chi connectivity index (χ4n) is 2.25. The van der Waals surface area contributed by atoms with E-state index in [1.165, 1.54) is 18.2 Å². The molecule has 132 valence electrons. The molecule has 0 aromatic heterocycles. The molecule has 0 radical (unpaired) electrons. The standard InChI is InChI=1S/C18H13F5O2/c1-2-12(24)25-8-4-6-10-5-3-7-11(9-10)13-14(19)16(21)18(23)17(22)15(13)20/h2-3,5,7,9H,1,4,6,8H2. The summed E-state index contributed by atoms with van der Waals surface area (Å²) in [6, 6.07) is 5.65. The first-order valence-corrected chi connectivity index (χ1v) is 7.26. The summed E-state index contributed by atoms with van der Waals surface area (Å²) in [6.45, 7) is 3.35. The van der Waals surface area contributed by atoms with E-state index in [1.807, 2.05) is 0 Å². The molecular formula is C18H13F5O2. The Kier molecular flexibility index (Phi) is 5.90. The predicted octanol–water partition coefficient (Wildman–Crippen LogP) is 4.71. The van der Waals surface area contributed by atoms with E-state index in [-0.39, 0.29) is 12.2 Å². The monoisotopic (exact) mass is 356 g/mol. The van der Waals surface area contributed by atoms with Crippen LogP contribution in [0.3, 0.4) is 0 Å². The van der Waals surface area contributed by atoms with E-state index in [9.17, 15) is 26.7 Å². The van der Waals surface area contributed by atoms with Crippen LogP contribution >= 0.6 is 0 Å². The zero-order valence-electron chi connectivity index (χ0n) is 12.9. The van der Waals surface area contributed by atoms with Crippen LogP contribution in [0.25, 0.3) is 11.1 Å².